The first-order chi connectivity index (χ1) is 14.5. The van der Waals surface area contributed by atoms with Crippen molar-refractivity contribution in [3.05, 3.63) is 77.1 Å². The summed E-state index contributed by atoms with van der Waals surface area (Å²) in [4.78, 5) is 33.4. The summed E-state index contributed by atoms with van der Waals surface area (Å²) in [5, 5.41) is 5.74. The summed E-state index contributed by atoms with van der Waals surface area (Å²) in [6.45, 7) is 1.84. The van der Waals surface area contributed by atoms with E-state index in [1.54, 1.807) is 6.07 Å². The number of aryl methyl sites for hydroxylation is 2. The molecule has 0 saturated carbocycles. The topological polar surface area (TPSA) is 110 Å². The number of amides is 2. The van der Waals surface area contributed by atoms with Gasteiger partial charge >= 0.3 is 0 Å². The summed E-state index contributed by atoms with van der Waals surface area (Å²) in [5.41, 5.74) is 10.1. The number of nitrogens with one attached hydrogen (secondary N) is 2. The predicted octanol–water partition coefficient (Wildman–Crippen LogP) is 3.68. The number of hydrogen-bond donors (Lipinski definition) is 3. The third kappa shape index (κ3) is 4.15. The van der Waals surface area contributed by atoms with Crippen LogP contribution < -0.4 is 16.4 Å². The van der Waals surface area contributed by atoms with Crippen molar-refractivity contribution < 1.29 is 9.59 Å². The summed E-state index contributed by atoms with van der Waals surface area (Å²) in [6.07, 6.45) is 5.70. The summed E-state index contributed by atoms with van der Waals surface area (Å²) in [5.74, 6) is -0.400. The number of anilines is 3. The van der Waals surface area contributed by atoms with E-state index in [0.29, 0.717) is 16.9 Å². The largest absolute Gasteiger partial charge is 0.368 e. The number of aromatic nitrogens is 2. The molecule has 7 nitrogen and oxygen atoms in total. The first-order valence-electron chi connectivity index (χ1n) is 9.89. The highest BCUT2D eigenvalue weighted by Crippen LogP contribution is 2.32. The van der Waals surface area contributed by atoms with E-state index in [9.17, 15) is 9.59 Å². The average molecular weight is 401 g/mol. The lowest BCUT2D eigenvalue weighted by Crippen LogP contribution is -2.25. The van der Waals surface area contributed by atoms with Gasteiger partial charge in [0.1, 0.15) is 0 Å². The smallest absolute Gasteiger partial charge is 0.256 e. The molecule has 0 bridgehead atoms. The van der Waals surface area contributed by atoms with Crippen LogP contribution in [0.25, 0.3) is 0 Å². The molecule has 1 atom stereocenters. The predicted molar refractivity (Wildman–Crippen MR) is 116 cm³/mol. The van der Waals surface area contributed by atoms with Crippen LogP contribution in [0.2, 0.25) is 0 Å². The van der Waals surface area contributed by atoms with Gasteiger partial charge in [-0.1, -0.05) is 30.3 Å². The first-order valence-corrected chi connectivity index (χ1v) is 9.89. The summed E-state index contributed by atoms with van der Waals surface area (Å²) >= 11 is 0. The molecule has 0 spiro atoms. The summed E-state index contributed by atoms with van der Waals surface area (Å²) in [6, 6.07) is 13.4. The highest BCUT2D eigenvalue weighted by molar-refractivity contribution is 6.06. The zero-order chi connectivity index (χ0) is 21.1. The van der Waals surface area contributed by atoms with Crippen molar-refractivity contribution >= 4 is 29.1 Å². The van der Waals surface area contributed by atoms with E-state index in [0.717, 1.165) is 30.4 Å². The van der Waals surface area contributed by atoms with Crippen molar-refractivity contribution in [2.75, 3.05) is 16.4 Å². The fourth-order valence-corrected chi connectivity index (χ4v) is 3.80. The molecule has 0 fully saturated rings. The molecular weight excluding hydrogens is 378 g/mol. The van der Waals surface area contributed by atoms with Gasteiger partial charge in [-0.2, -0.15) is 0 Å². The molecular formula is C23H23N5O2. The van der Waals surface area contributed by atoms with E-state index < -0.39 is 0 Å². The molecule has 4 N–H and O–H groups in total. The lowest BCUT2D eigenvalue weighted by Gasteiger charge is -2.24. The number of nitrogens with two attached hydrogens (primary N) is 1. The SMILES string of the molecule is Cc1ccc(NC(=O)C2CCCc3ccccc32)cc1C(=O)Nc1cnc(N)nc1. The third-order valence-corrected chi connectivity index (χ3v) is 5.37. The molecule has 1 aliphatic carbocycles. The van der Waals surface area contributed by atoms with E-state index in [1.807, 2.05) is 37.3 Å². The fraction of sp³-hybridized carbons (Fsp3) is 0.217. The zero-order valence-electron chi connectivity index (χ0n) is 16.7. The highest BCUT2D eigenvalue weighted by atomic mass is 16.2. The summed E-state index contributed by atoms with van der Waals surface area (Å²) in [7, 11) is 0. The Morgan fingerprint density at radius 1 is 1.03 bits per heavy atom. The van der Waals surface area contributed by atoms with Gasteiger partial charge in [0.05, 0.1) is 24.0 Å². The molecule has 0 aliphatic heterocycles. The second-order valence-electron chi connectivity index (χ2n) is 7.45. The monoisotopic (exact) mass is 401 g/mol. The molecule has 1 aromatic heterocycles. The second kappa shape index (κ2) is 8.32. The Morgan fingerprint density at radius 2 is 1.80 bits per heavy atom. The molecule has 1 heterocycles. The van der Waals surface area contributed by atoms with Gasteiger partial charge in [-0.05, 0) is 55.0 Å². The lowest BCUT2D eigenvalue weighted by atomic mass is 9.82. The van der Waals surface area contributed by atoms with Gasteiger partial charge in [-0.15, -0.1) is 0 Å². The van der Waals surface area contributed by atoms with Crippen LogP contribution in [0.15, 0.2) is 54.9 Å². The maximum Gasteiger partial charge on any atom is 0.256 e. The molecule has 1 unspecified atom stereocenters. The van der Waals surface area contributed by atoms with E-state index >= 15 is 0 Å². The molecule has 30 heavy (non-hydrogen) atoms. The minimum Gasteiger partial charge on any atom is -0.368 e. The number of nitrogens with zero attached hydrogens (tertiary/aromatic N) is 2. The van der Waals surface area contributed by atoms with Gasteiger partial charge < -0.3 is 16.4 Å². The van der Waals surface area contributed by atoms with Crippen LogP contribution in [0, 0.1) is 6.92 Å². The molecule has 152 valence electrons. The molecule has 7 heteroatoms. The quantitative estimate of drug-likeness (QED) is 0.618. The maximum atomic E-state index is 13.0. The molecule has 4 rings (SSSR count). The zero-order valence-corrected chi connectivity index (χ0v) is 16.7. The van der Waals surface area contributed by atoms with Crippen molar-refractivity contribution in [2.45, 2.75) is 32.1 Å². The highest BCUT2D eigenvalue weighted by Gasteiger charge is 2.26. The molecule has 1 aliphatic rings. The Labute approximate surface area is 174 Å². The van der Waals surface area contributed by atoms with Crippen LogP contribution in [0.4, 0.5) is 17.3 Å². The average Bonchev–Trinajstić information content (AvgIpc) is 2.76. The van der Waals surface area contributed by atoms with Crippen molar-refractivity contribution in [3.8, 4) is 0 Å². The number of carbonyl (C=O) groups is 2. The minimum absolute atomic E-state index is 0.0516. The van der Waals surface area contributed by atoms with E-state index in [1.165, 1.54) is 18.0 Å². The number of carbonyl (C=O) groups excluding carboxylic acids is 2. The van der Waals surface area contributed by atoms with Crippen LogP contribution in [-0.4, -0.2) is 21.8 Å². The second-order valence-corrected chi connectivity index (χ2v) is 7.45. The van der Waals surface area contributed by atoms with Crippen molar-refractivity contribution in [1.82, 2.24) is 9.97 Å². The minimum atomic E-state index is -0.306. The van der Waals surface area contributed by atoms with Gasteiger partial charge in [0.2, 0.25) is 11.9 Å². The number of hydrogen-bond acceptors (Lipinski definition) is 5. The van der Waals surface area contributed by atoms with Crippen LogP contribution in [0.5, 0.6) is 0 Å². The van der Waals surface area contributed by atoms with E-state index in [4.69, 9.17) is 5.73 Å². The normalized spacial score (nSPS) is 15.2. The molecule has 2 amide bonds. The van der Waals surface area contributed by atoms with Gasteiger partial charge in [-0.25, -0.2) is 9.97 Å². The standard InChI is InChI=1S/C23H23N5O2/c1-14-9-10-16(11-20(14)22(30)28-17-12-25-23(24)26-13-17)27-21(29)19-8-4-6-15-5-2-3-7-18(15)19/h2-3,5,7,9-13,19H,4,6,8H2,1H3,(H,27,29)(H,28,30)(H2,24,25,26). The number of fused-ring (bicyclic) bond motifs is 1. The third-order valence-electron chi connectivity index (χ3n) is 5.37. The van der Waals surface area contributed by atoms with Gasteiger partial charge in [0.15, 0.2) is 0 Å². The molecule has 0 saturated heterocycles. The lowest BCUT2D eigenvalue weighted by molar-refractivity contribution is -0.117. The molecule has 3 aromatic rings. The Balaban J connectivity index is 1.51. The Kier molecular flexibility index (Phi) is 5.43. The fourth-order valence-electron chi connectivity index (χ4n) is 3.80. The van der Waals surface area contributed by atoms with E-state index in [-0.39, 0.29) is 23.7 Å². The number of benzene rings is 2. The van der Waals surface area contributed by atoms with Crippen molar-refractivity contribution in [1.29, 1.82) is 0 Å². The maximum absolute atomic E-state index is 13.0. The Hall–Kier alpha value is -3.74. The van der Waals surface area contributed by atoms with E-state index in [2.05, 4.69) is 26.7 Å². The molecule has 0 radical (unpaired) electrons. The Bertz CT molecular complexity index is 1100. The van der Waals surface area contributed by atoms with Gasteiger partial charge in [0, 0.05) is 11.3 Å². The number of nitrogen functional groups attached to an aromatic ring is 1. The van der Waals surface area contributed by atoms with Crippen molar-refractivity contribution in [3.63, 3.8) is 0 Å². The first kappa shape index (κ1) is 19.6. The number of rotatable bonds is 4. The van der Waals surface area contributed by atoms with Crippen LogP contribution >= 0.6 is 0 Å². The van der Waals surface area contributed by atoms with Crippen LogP contribution in [0.3, 0.4) is 0 Å². The van der Waals surface area contributed by atoms with Crippen LogP contribution in [0.1, 0.15) is 45.8 Å². The van der Waals surface area contributed by atoms with Gasteiger partial charge in [-0.3, -0.25) is 9.59 Å². The van der Waals surface area contributed by atoms with Crippen LogP contribution in [-0.2, 0) is 11.2 Å². The summed E-state index contributed by atoms with van der Waals surface area (Å²) < 4.78 is 0. The Morgan fingerprint density at radius 3 is 2.60 bits per heavy atom. The van der Waals surface area contributed by atoms with Crippen molar-refractivity contribution in [2.24, 2.45) is 0 Å². The molecule has 2 aromatic carbocycles. The van der Waals surface area contributed by atoms with Gasteiger partial charge in [0.25, 0.3) is 5.91 Å².